The molecule has 0 saturated heterocycles. The van der Waals surface area contributed by atoms with Gasteiger partial charge in [-0.2, -0.15) is 0 Å². The average molecular weight is 442 g/mol. The zero-order valence-electron chi connectivity index (χ0n) is 18.2. The molecule has 0 N–H and O–H groups in total. The summed E-state index contributed by atoms with van der Waals surface area (Å²) in [5, 5.41) is 4.03. The van der Waals surface area contributed by atoms with Crippen LogP contribution in [0.2, 0.25) is 0 Å². The lowest BCUT2D eigenvalue weighted by atomic mass is 9.79. The molecule has 4 aromatic rings. The quantitative estimate of drug-likeness (QED) is 0.297. The fourth-order valence-corrected chi connectivity index (χ4v) is 6.68. The van der Waals surface area contributed by atoms with Gasteiger partial charge in [-0.05, 0) is 77.7 Å². The molecule has 0 radical (unpaired) electrons. The SMILES string of the molecule is CC(C)(C)OC(=O)N1C2c3cc4ccccc4cc3C(c3cc4ccccc4cc32)[S+]1[O-]. The smallest absolute Gasteiger partial charge is 0.453 e. The molecule has 5 heteroatoms. The molecule has 3 aliphatic rings. The Hall–Kier alpha value is -3.02. The number of benzene rings is 4. The molecule has 2 bridgehead atoms. The van der Waals surface area contributed by atoms with Crippen molar-refractivity contribution >= 4 is 39.0 Å². The van der Waals surface area contributed by atoms with Gasteiger partial charge in [-0.25, -0.2) is 4.79 Å². The van der Waals surface area contributed by atoms with Gasteiger partial charge in [0.25, 0.3) is 0 Å². The molecule has 1 atom stereocenters. The Balaban J connectivity index is 1.62. The molecule has 1 amide bonds. The zero-order chi connectivity index (χ0) is 22.2. The molecule has 160 valence electrons. The third-order valence-corrected chi connectivity index (χ3v) is 7.92. The van der Waals surface area contributed by atoms with Gasteiger partial charge in [0, 0.05) is 11.1 Å². The van der Waals surface area contributed by atoms with Crippen LogP contribution in [0.25, 0.3) is 21.5 Å². The Kier molecular flexibility index (Phi) is 4.14. The number of amides is 1. The first kappa shape index (κ1) is 19.6. The molecule has 0 fully saturated rings. The van der Waals surface area contributed by atoms with Gasteiger partial charge in [0.2, 0.25) is 0 Å². The van der Waals surface area contributed by atoms with E-state index in [1.807, 2.05) is 45.0 Å². The molecule has 0 spiro atoms. The van der Waals surface area contributed by atoms with E-state index in [1.165, 1.54) is 4.31 Å². The largest absolute Gasteiger partial charge is 0.592 e. The number of fused-ring (bicyclic) bond motifs is 3. The lowest BCUT2D eigenvalue weighted by Gasteiger charge is -2.46. The topological polar surface area (TPSA) is 52.6 Å². The van der Waals surface area contributed by atoms with E-state index < -0.39 is 34.3 Å². The van der Waals surface area contributed by atoms with Crippen molar-refractivity contribution in [2.45, 2.75) is 37.7 Å². The van der Waals surface area contributed by atoms with Crippen molar-refractivity contribution < 1.29 is 14.1 Å². The highest BCUT2D eigenvalue weighted by Crippen LogP contribution is 2.56. The van der Waals surface area contributed by atoms with E-state index in [1.54, 1.807) is 0 Å². The van der Waals surface area contributed by atoms with Gasteiger partial charge in [-0.15, -0.1) is 4.31 Å². The van der Waals surface area contributed by atoms with Gasteiger partial charge in [0.05, 0.1) is 11.4 Å². The van der Waals surface area contributed by atoms with E-state index >= 15 is 0 Å². The summed E-state index contributed by atoms with van der Waals surface area (Å²) in [7, 11) is 0. The third kappa shape index (κ3) is 2.85. The number of rotatable bonds is 0. The van der Waals surface area contributed by atoms with Crippen LogP contribution in [-0.4, -0.2) is 20.6 Å². The second-order valence-corrected chi connectivity index (χ2v) is 10.9. The van der Waals surface area contributed by atoms with E-state index in [-0.39, 0.29) is 0 Å². The summed E-state index contributed by atoms with van der Waals surface area (Å²) in [4.78, 5) is 13.3. The Bertz CT molecular complexity index is 1320. The van der Waals surface area contributed by atoms with Gasteiger partial charge in [-0.1, -0.05) is 48.5 Å². The average Bonchev–Trinajstić information content (AvgIpc) is 2.75. The molecule has 32 heavy (non-hydrogen) atoms. The van der Waals surface area contributed by atoms with Crippen molar-refractivity contribution in [1.82, 2.24) is 4.31 Å². The van der Waals surface area contributed by atoms with Crippen molar-refractivity contribution in [3.05, 3.63) is 95.1 Å². The van der Waals surface area contributed by atoms with Crippen LogP contribution in [-0.2, 0) is 16.1 Å². The molecular formula is C27H23NO3S. The Morgan fingerprint density at radius 3 is 1.62 bits per heavy atom. The van der Waals surface area contributed by atoms with Gasteiger partial charge >= 0.3 is 6.09 Å². The van der Waals surface area contributed by atoms with Gasteiger partial charge in [-0.3, -0.25) is 0 Å². The fraction of sp³-hybridized carbons (Fsp3) is 0.222. The van der Waals surface area contributed by atoms with Crippen molar-refractivity contribution in [2.24, 2.45) is 0 Å². The van der Waals surface area contributed by atoms with Crippen LogP contribution >= 0.6 is 0 Å². The van der Waals surface area contributed by atoms with Crippen LogP contribution in [0.1, 0.15) is 54.3 Å². The Morgan fingerprint density at radius 1 is 0.812 bits per heavy atom. The number of carbonyl (C=O) groups is 1. The van der Waals surface area contributed by atoms with Crippen molar-refractivity contribution in [3.63, 3.8) is 0 Å². The highest BCUT2D eigenvalue weighted by Gasteiger charge is 2.55. The van der Waals surface area contributed by atoms with Crippen molar-refractivity contribution in [2.75, 3.05) is 0 Å². The number of carbonyl (C=O) groups excluding carboxylic acids is 1. The highest BCUT2D eigenvalue weighted by atomic mass is 32.2. The minimum atomic E-state index is -1.58. The minimum absolute atomic E-state index is 0.410. The van der Waals surface area contributed by atoms with Gasteiger partial charge in [0.1, 0.15) is 11.6 Å². The Morgan fingerprint density at radius 2 is 1.22 bits per heavy atom. The van der Waals surface area contributed by atoms with E-state index in [9.17, 15) is 9.35 Å². The maximum Gasteiger partial charge on any atom is 0.453 e. The standard InChI is InChI=1S/C27H23NO3S/c1-27(2,3)31-26(29)28-24-20-12-16-8-4-6-10-18(16)14-22(20)25(32(28)30)23-15-19-11-7-5-9-17(19)13-21(23)24/h4-15,24-25H,1-3H3. The maximum absolute atomic E-state index is 13.8. The first-order valence-electron chi connectivity index (χ1n) is 10.8. The summed E-state index contributed by atoms with van der Waals surface area (Å²) in [6.07, 6.45) is -0.538. The molecule has 2 aliphatic heterocycles. The molecular weight excluding hydrogens is 418 g/mol. The fourth-order valence-electron chi connectivity index (χ4n) is 4.99. The summed E-state index contributed by atoms with van der Waals surface area (Å²) in [5.41, 5.74) is 3.46. The van der Waals surface area contributed by atoms with Crippen molar-refractivity contribution in [1.29, 1.82) is 0 Å². The van der Waals surface area contributed by atoms with Crippen LogP contribution < -0.4 is 0 Å². The van der Waals surface area contributed by atoms with Crippen LogP contribution in [0.3, 0.4) is 0 Å². The first-order chi connectivity index (χ1) is 15.3. The summed E-state index contributed by atoms with van der Waals surface area (Å²) in [6, 6.07) is 24.5. The second-order valence-electron chi connectivity index (χ2n) is 9.52. The van der Waals surface area contributed by atoms with E-state index in [2.05, 4.69) is 48.5 Å². The van der Waals surface area contributed by atoms with Crippen LogP contribution in [0.5, 0.6) is 0 Å². The molecule has 2 heterocycles. The third-order valence-electron chi connectivity index (χ3n) is 6.26. The maximum atomic E-state index is 13.8. The Labute approximate surface area is 190 Å². The predicted octanol–water partition coefficient (Wildman–Crippen LogP) is 6.40. The lowest BCUT2D eigenvalue weighted by molar-refractivity contribution is 0.0345. The van der Waals surface area contributed by atoms with Gasteiger partial charge < -0.3 is 9.29 Å². The monoisotopic (exact) mass is 441 g/mol. The van der Waals surface area contributed by atoms with Crippen LogP contribution in [0.4, 0.5) is 4.79 Å². The number of hydrogen-bond donors (Lipinski definition) is 0. The highest BCUT2D eigenvalue weighted by molar-refractivity contribution is 7.90. The summed E-state index contributed by atoms with van der Waals surface area (Å²) in [6.45, 7) is 5.50. The lowest BCUT2D eigenvalue weighted by Crippen LogP contribution is -2.51. The molecule has 1 unspecified atom stereocenters. The first-order valence-corrected chi connectivity index (χ1v) is 12.0. The summed E-state index contributed by atoms with van der Waals surface area (Å²) < 4.78 is 21.0. The van der Waals surface area contributed by atoms with Crippen molar-refractivity contribution in [3.8, 4) is 0 Å². The predicted molar refractivity (Wildman–Crippen MR) is 128 cm³/mol. The number of nitrogens with zero attached hydrogens (tertiary/aromatic N) is 1. The summed E-state index contributed by atoms with van der Waals surface area (Å²) in [5.74, 6) is 0. The number of ether oxygens (including phenoxy) is 1. The number of hydrogen-bond acceptors (Lipinski definition) is 3. The zero-order valence-corrected chi connectivity index (χ0v) is 19.0. The van der Waals surface area contributed by atoms with E-state index in [4.69, 9.17) is 4.74 Å². The molecule has 4 aromatic carbocycles. The summed E-state index contributed by atoms with van der Waals surface area (Å²) >= 11 is -1.58. The normalized spacial score (nSPS) is 21.5. The van der Waals surface area contributed by atoms with E-state index in [0.29, 0.717) is 0 Å². The van der Waals surface area contributed by atoms with Crippen LogP contribution in [0.15, 0.2) is 72.8 Å². The minimum Gasteiger partial charge on any atom is -0.592 e. The second kappa shape index (κ2) is 6.74. The molecule has 7 rings (SSSR count). The molecule has 0 saturated carbocycles. The molecule has 4 nitrogen and oxygen atoms in total. The van der Waals surface area contributed by atoms with E-state index in [0.717, 1.165) is 43.8 Å². The molecule has 0 aromatic heterocycles. The molecule has 1 aliphatic carbocycles. The van der Waals surface area contributed by atoms with Crippen LogP contribution in [0, 0.1) is 0 Å². The van der Waals surface area contributed by atoms with Gasteiger partial charge in [0.15, 0.2) is 5.25 Å².